The number of likely N-dealkylation sites (N-methyl/N-ethyl adjacent to an activating group) is 1. The second-order valence-electron chi connectivity index (χ2n) is 5.44. The second kappa shape index (κ2) is 8.93. The number of rotatable bonds is 6. The van der Waals surface area contributed by atoms with Crippen LogP contribution >= 0.6 is 36.2 Å². The summed E-state index contributed by atoms with van der Waals surface area (Å²) in [6.45, 7) is 7.51. The van der Waals surface area contributed by atoms with Crippen LogP contribution in [0.4, 0.5) is 0 Å². The molecule has 1 heterocycles. The molecule has 1 fully saturated rings. The summed E-state index contributed by atoms with van der Waals surface area (Å²) < 4.78 is 0. The molecule has 1 atom stereocenters. The van der Waals surface area contributed by atoms with Crippen molar-refractivity contribution in [2.24, 2.45) is 5.92 Å². The summed E-state index contributed by atoms with van der Waals surface area (Å²) in [5.74, 6) is 0.959. The van der Waals surface area contributed by atoms with Crippen LogP contribution in [-0.2, 0) is 4.79 Å². The fourth-order valence-electron chi connectivity index (χ4n) is 2.16. The van der Waals surface area contributed by atoms with Gasteiger partial charge < -0.3 is 10.2 Å². The molecule has 0 bridgehead atoms. The lowest BCUT2D eigenvalue weighted by molar-refractivity contribution is -0.130. The van der Waals surface area contributed by atoms with E-state index in [-0.39, 0.29) is 36.8 Å². The molecule has 122 valence electrons. The van der Waals surface area contributed by atoms with Crippen molar-refractivity contribution in [2.45, 2.75) is 39.7 Å². The van der Waals surface area contributed by atoms with Crippen molar-refractivity contribution in [2.75, 3.05) is 20.1 Å². The summed E-state index contributed by atoms with van der Waals surface area (Å²) >= 11 is 1.68. The maximum atomic E-state index is 12.1. The van der Waals surface area contributed by atoms with Crippen LogP contribution in [0.3, 0.4) is 0 Å². The lowest BCUT2D eigenvalue weighted by Crippen LogP contribution is -2.37. The SMILES string of the molecule is Cc1nc(C)c(C(C)N(C)C(=O)CNCC2CC2)s1.Cl.Cl. The van der Waals surface area contributed by atoms with Crippen molar-refractivity contribution >= 4 is 42.1 Å². The monoisotopic (exact) mass is 353 g/mol. The van der Waals surface area contributed by atoms with Crippen molar-refractivity contribution < 1.29 is 4.79 Å². The van der Waals surface area contributed by atoms with E-state index < -0.39 is 0 Å². The quantitative estimate of drug-likeness (QED) is 0.854. The van der Waals surface area contributed by atoms with Gasteiger partial charge in [0.05, 0.1) is 23.3 Å². The fourth-order valence-corrected chi connectivity index (χ4v) is 3.18. The van der Waals surface area contributed by atoms with Crippen LogP contribution in [-0.4, -0.2) is 35.9 Å². The highest BCUT2D eigenvalue weighted by molar-refractivity contribution is 7.11. The molecule has 21 heavy (non-hydrogen) atoms. The largest absolute Gasteiger partial charge is 0.337 e. The Labute approximate surface area is 143 Å². The van der Waals surface area contributed by atoms with Gasteiger partial charge in [-0.15, -0.1) is 36.2 Å². The summed E-state index contributed by atoms with van der Waals surface area (Å²) in [5, 5.41) is 4.31. The number of aryl methyl sites for hydroxylation is 2. The molecule has 1 aromatic heterocycles. The van der Waals surface area contributed by atoms with Gasteiger partial charge in [0.25, 0.3) is 0 Å². The van der Waals surface area contributed by atoms with Crippen LogP contribution in [0.5, 0.6) is 0 Å². The molecule has 0 aromatic carbocycles. The van der Waals surface area contributed by atoms with Gasteiger partial charge in [0, 0.05) is 11.9 Å². The average Bonchev–Trinajstić information content (AvgIpc) is 3.12. The molecule has 4 nitrogen and oxygen atoms in total. The van der Waals surface area contributed by atoms with Gasteiger partial charge in [0.2, 0.25) is 5.91 Å². The van der Waals surface area contributed by atoms with E-state index in [0.29, 0.717) is 6.54 Å². The number of halogens is 2. The summed E-state index contributed by atoms with van der Waals surface area (Å²) in [7, 11) is 1.88. The van der Waals surface area contributed by atoms with E-state index in [2.05, 4.69) is 17.2 Å². The summed E-state index contributed by atoms with van der Waals surface area (Å²) in [4.78, 5) is 19.6. The zero-order chi connectivity index (χ0) is 14.0. The van der Waals surface area contributed by atoms with Crippen molar-refractivity contribution in [1.82, 2.24) is 15.2 Å². The van der Waals surface area contributed by atoms with Gasteiger partial charge in [0.15, 0.2) is 0 Å². The molecule has 1 amide bonds. The van der Waals surface area contributed by atoms with Crippen LogP contribution in [0, 0.1) is 19.8 Å². The first-order valence-corrected chi connectivity index (χ1v) is 7.71. The summed E-state index contributed by atoms with van der Waals surface area (Å²) in [6, 6.07) is 0.0985. The zero-order valence-electron chi connectivity index (χ0n) is 13.0. The third-order valence-electron chi connectivity index (χ3n) is 3.70. The molecular formula is C14H25Cl2N3OS. The minimum Gasteiger partial charge on any atom is -0.337 e. The van der Waals surface area contributed by atoms with Gasteiger partial charge in [-0.25, -0.2) is 4.98 Å². The number of carbonyl (C=O) groups excluding carboxylic acids is 1. The molecular weight excluding hydrogens is 329 g/mol. The lowest BCUT2D eigenvalue weighted by Gasteiger charge is -2.24. The molecule has 1 aliphatic rings. The predicted molar refractivity (Wildman–Crippen MR) is 92.9 cm³/mol. The Morgan fingerprint density at radius 1 is 1.43 bits per heavy atom. The molecule has 1 aromatic rings. The number of nitrogens with one attached hydrogen (secondary N) is 1. The number of hydrogen-bond donors (Lipinski definition) is 1. The maximum Gasteiger partial charge on any atom is 0.236 e. The van der Waals surface area contributed by atoms with Gasteiger partial charge in [-0.2, -0.15) is 0 Å². The fraction of sp³-hybridized carbons (Fsp3) is 0.714. The van der Waals surface area contributed by atoms with Crippen molar-refractivity contribution in [3.05, 3.63) is 15.6 Å². The van der Waals surface area contributed by atoms with Gasteiger partial charge in [-0.3, -0.25) is 4.79 Å². The number of hydrogen-bond acceptors (Lipinski definition) is 4. The van der Waals surface area contributed by atoms with Crippen molar-refractivity contribution in [1.29, 1.82) is 0 Å². The van der Waals surface area contributed by atoms with E-state index in [1.54, 1.807) is 11.3 Å². The van der Waals surface area contributed by atoms with E-state index in [1.807, 2.05) is 25.8 Å². The lowest BCUT2D eigenvalue weighted by atomic mass is 10.2. The van der Waals surface area contributed by atoms with Gasteiger partial charge in [-0.05, 0) is 46.1 Å². The van der Waals surface area contributed by atoms with Crippen molar-refractivity contribution in [3.8, 4) is 0 Å². The van der Waals surface area contributed by atoms with Crippen LogP contribution in [0.1, 0.15) is 41.4 Å². The van der Waals surface area contributed by atoms with Gasteiger partial charge in [-0.1, -0.05) is 0 Å². The second-order valence-corrected chi connectivity index (χ2v) is 6.67. The van der Waals surface area contributed by atoms with E-state index in [9.17, 15) is 4.79 Å². The van der Waals surface area contributed by atoms with Gasteiger partial charge in [0.1, 0.15) is 0 Å². The minimum absolute atomic E-state index is 0. The van der Waals surface area contributed by atoms with E-state index >= 15 is 0 Å². The standard InChI is InChI=1S/C14H23N3OS.2ClH/c1-9-14(19-11(3)16-9)10(2)17(4)13(18)8-15-7-12-5-6-12;;/h10,12,15H,5-8H2,1-4H3;2*1H. The number of carbonyl (C=O) groups is 1. The predicted octanol–water partition coefficient (Wildman–Crippen LogP) is 3.12. The molecule has 0 aliphatic heterocycles. The normalized spacial score (nSPS) is 14.9. The molecule has 0 radical (unpaired) electrons. The zero-order valence-corrected chi connectivity index (χ0v) is 15.5. The maximum absolute atomic E-state index is 12.1. The third-order valence-corrected chi connectivity index (χ3v) is 4.94. The molecule has 2 rings (SSSR count). The average molecular weight is 354 g/mol. The van der Waals surface area contributed by atoms with E-state index in [1.165, 1.54) is 17.7 Å². The van der Waals surface area contributed by atoms with E-state index in [4.69, 9.17) is 0 Å². The Morgan fingerprint density at radius 3 is 2.52 bits per heavy atom. The first-order valence-electron chi connectivity index (χ1n) is 6.89. The van der Waals surface area contributed by atoms with Gasteiger partial charge >= 0.3 is 0 Å². The number of thiazole rings is 1. The number of aromatic nitrogens is 1. The Kier molecular flexibility index (Phi) is 8.78. The first kappa shape index (κ1) is 20.6. The molecule has 7 heteroatoms. The Balaban J connectivity index is 0.00000200. The molecule has 1 N–H and O–H groups in total. The number of nitrogens with zero attached hydrogens (tertiary/aromatic N) is 2. The third kappa shape index (κ3) is 5.74. The molecule has 1 aliphatic carbocycles. The van der Waals surface area contributed by atoms with Crippen LogP contribution < -0.4 is 5.32 Å². The molecule has 0 spiro atoms. The topological polar surface area (TPSA) is 45.2 Å². The Hall–Kier alpha value is -0.360. The van der Waals surface area contributed by atoms with Crippen molar-refractivity contribution in [3.63, 3.8) is 0 Å². The summed E-state index contributed by atoms with van der Waals surface area (Å²) in [5.41, 5.74) is 1.04. The van der Waals surface area contributed by atoms with Crippen LogP contribution in [0.2, 0.25) is 0 Å². The van der Waals surface area contributed by atoms with Crippen LogP contribution in [0.25, 0.3) is 0 Å². The number of amides is 1. The Morgan fingerprint density at radius 2 is 2.05 bits per heavy atom. The highest BCUT2D eigenvalue weighted by atomic mass is 35.5. The van der Waals surface area contributed by atoms with Crippen LogP contribution in [0.15, 0.2) is 0 Å². The summed E-state index contributed by atoms with van der Waals surface area (Å²) in [6.07, 6.45) is 2.62. The molecule has 0 saturated heterocycles. The minimum atomic E-state index is 0. The first-order chi connectivity index (χ1) is 8.99. The molecule has 1 saturated carbocycles. The highest BCUT2D eigenvalue weighted by Crippen LogP contribution is 2.29. The molecule has 1 unspecified atom stereocenters. The van der Waals surface area contributed by atoms with E-state index in [0.717, 1.165) is 23.2 Å². The smallest absolute Gasteiger partial charge is 0.236 e. The Bertz CT molecular complexity index is 463. The highest BCUT2D eigenvalue weighted by Gasteiger charge is 2.23.